The lowest BCUT2D eigenvalue weighted by molar-refractivity contribution is -0.153. The van der Waals surface area contributed by atoms with Crippen molar-refractivity contribution in [1.82, 2.24) is 5.16 Å². The minimum atomic E-state index is -0.938. The van der Waals surface area contributed by atoms with Crippen LogP contribution < -0.4 is 5.32 Å². The summed E-state index contributed by atoms with van der Waals surface area (Å²) in [7, 11) is 2.75. The molecule has 78 valence electrons. The summed E-state index contributed by atoms with van der Waals surface area (Å²) < 4.78 is 14.3. The summed E-state index contributed by atoms with van der Waals surface area (Å²) >= 11 is 0. The van der Waals surface area contributed by atoms with Gasteiger partial charge in [-0.1, -0.05) is 5.16 Å². The third-order valence-electron chi connectivity index (χ3n) is 1.52. The van der Waals surface area contributed by atoms with Crippen molar-refractivity contribution in [3.8, 4) is 0 Å². The van der Waals surface area contributed by atoms with Gasteiger partial charge < -0.3 is 19.3 Å². The van der Waals surface area contributed by atoms with E-state index >= 15 is 0 Å². The zero-order valence-corrected chi connectivity index (χ0v) is 8.23. The predicted molar refractivity (Wildman–Crippen MR) is 47.7 cm³/mol. The van der Waals surface area contributed by atoms with Crippen LogP contribution in [-0.4, -0.2) is 31.6 Å². The summed E-state index contributed by atoms with van der Waals surface area (Å²) in [6.07, 6.45) is -0.938. The van der Waals surface area contributed by atoms with Gasteiger partial charge in [-0.05, 0) is 6.92 Å². The van der Waals surface area contributed by atoms with Gasteiger partial charge in [-0.3, -0.25) is 4.79 Å². The molecule has 1 amide bonds. The van der Waals surface area contributed by atoms with E-state index in [1.165, 1.54) is 14.2 Å². The number of rotatable bonds is 4. The predicted octanol–water partition coefficient (Wildman–Crippen LogP) is 0.540. The molecule has 0 aliphatic heterocycles. The first-order valence-corrected chi connectivity index (χ1v) is 3.97. The van der Waals surface area contributed by atoms with Crippen molar-refractivity contribution >= 4 is 11.7 Å². The van der Waals surface area contributed by atoms with E-state index in [1.54, 1.807) is 13.0 Å². The summed E-state index contributed by atoms with van der Waals surface area (Å²) in [4.78, 5) is 11.3. The van der Waals surface area contributed by atoms with Crippen LogP contribution in [0, 0.1) is 6.92 Å². The van der Waals surface area contributed by atoms with Gasteiger partial charge in [0.05, 0.1) is 0 Å². The Bertz CT molecular complexity index is 306. The second-order valence-corrected chi connectivity index (χ2v) is 2.62. The molecule has 1 rings (SSSR count). The molecule has 0 atom stereocenters. The van der Waals surface area contributed by atoms with E-state index < -0.39 is 12.2 Å². The number of aryl methyl sites for hydroxylation is 1. The third-order valence-corrected chi connectivity index (χ3v) is 1.52. The first-order valence-electron chi connectivity index (χ1n) is 3.97. The molecule has 0 saturated heterocycles. The molecule has 0 unspecified atom stereocenters. The fourth-order valence-corrected chi connectivity index (χ4v) is 0.921. The van der Waals surface area contributed by atoms with Crippen molar-refractivity contribution < 1.29 is 18.8 Å². The van der Waals surface area contributed by atoms with Crippen LogP contribution in [-0.2, 0) is 14.3 Å². The normalized spacial score (nSPS) is 10.6. The van der Waals surface area contributed by atoms with Crippen LogP contribution in [0.15, 0.2) is 10.6 Å². The van der Waals surface area contributed by atoms with Gasteiger partial charge >= 0.3 is 0 Å². The molecule has 0 aromatic carbocycles. The zero-order chi connectivity index (χ0) is 10.6. The topological polar surface area (TPSA) is 73.6 Å². The van der Waals surface area contributed by atoms with Crippen molar-refractivity contribution in [1.29, 1.82) is 0 Å². The number of nitrogens with zero attached hydrogens (tertiary/aromatic N) is 1. The van der Waals surface area contributed by atoms with Gasteiger partial charge in [-0.15, -0.1) is 0 Å². The largest absolute Gasteiger partial charge is 0.360 e. The van der Waals surface area contributed by atoms with Gasteiger partial charge in [-0.25, -0.2) is 0 Å². The molecule has 0 saturated carbocycles. The van der Waals surface area contributed by atoms with Crippen molar-refractivity contribution in [2.75, 3.05) is 19.5 Å². The SMILES string of the molecule is COC(OC)C(=O)Nc1cc(C)on1. The Labute approximate surface area is 81.2 Å². The molecule has 1 aromatic rings. The van der Waals surface area contributed by atoms with Crippen molar-refractivity contribution in [2.24, 2.45) is 0 Å². The van der Waals surface area contributed by atoms with Crippen LogP contribution in [0.5, 0.6) is 0 Å². The highest BCUT2D eigenvalue weighted by Gasteiger charge is 2.17. The van der Waals surface area contributed by atoms with Gasteiger partial charge in [0.15, 0.2) is 5.82 Å². The van der Waals surface area contributed by atoms with Crippen molar-refractivity contribution in [3.05, 3.63) is 11.8 Å². The maximum absolute atomic E-state index is 11.3. The number of aromatic nitrogens is 1. The van der Waals surface area contributed by atoms with Gasteiger partial charge in [0.2, 0.25) is 6.29 Å². The molecular weight excluding hydrogens is 188 g/mol. The summed E-state index contributed by atoms with van der Waals surface area (Å²) in [5.41, 5.74) is 0. The Morgan fingerprint density at radius 1 is 1.57 bits per heavy atom. The Morgan fingerprint density at radius 3 is 2.64 bits per heavy atom. The van der Waals surface area contributed by atoms with E-state index in [-0.39, 0.29) is 0 Å². The number of anilines is 1. The summed E-state index contributed by atoms with van der Waals surface area (Å²) in [5.74, 6) is 0.529. The number of ether oxygens (including phenoxy) is 2. The van der Waals surface area contributed by atoms with Crippen LogP contribution in [0.2, 0.25) is 0 Å². The monoisotopic (exact) mass is 200 g/mol. The lowest BCUT2D eigenvalue weighted by atomic mass is 10.4. The van der Waals surface area contributed by atoms with Gasteiger partial charge in [0, 0.05) is 20.3 Å². The van der Waals surface area contributed by atoms with E-state index in [2.05, 4.69) is 10.5 Å². The average molecular weight is 200 g/mol. The maximum Gasteiger partial charge on any atom is 0.282 e. The van der Waals surface area contributed by atoms with Crippen LogP contribution in [0.3, 0.4) is 0 Å². The molecular formula is C8H12N2O4. The number of carbonyl (C=O) groups is 1. The third kappa shape index (κ3) is 2.54. The Kier molecular flexibility index (Phi) is 3.61. The van der Waals surface area contributed by atoms with Gasteiger partial charge in [-0.2, -0.15) is 0 Å². The maximum atomic E-state index is 11.3. The molecule has 6 nitrogen and oxygen atoms in total. The second kappa shape index (κ2) is 4.73. The standard InChI is InChI=1S/C8H12N2O4/c1-5-4-6(10-14-5)9-7(11)8(12-2)13-3/h4,8H,1-3H3,(H,9,10,11). The highest BCUT2D eigenvalue weighted by molar-refractivity contribution is 5.92. The van der Waals surface area contributed by atoms with Gasteiger partial charge in [0.1, 0.15) is 5.76 Å². The molecule has 1 aromatic heterocycles. The van der Waals surface area contributed by atoms with Crippen molar-refractivity contribution in [3.63, 3.8) is 0 Å². The average Bonchev–Trinajstić information content (AvgIpc) is 2.53. The fourth-order valence-electron chi connectivity index (χ4n) is 0.921. The molecule has 1 heterocycles. The molecule has 1 N–H and O–H groups in total. The summed E-state index contributed by atoms with van der Waals surface area (Å²) in [5, 5.41) is 6.06. The fraction of sp³-hybridized carbons (Fsp3) is 0.500. The molecule has 0 spiro atoms. The second-order valence-electron chi connectivity index (χ2n) is 2.62. The van der Waals surface area contributed by atoms with Crippen LogP contribution >= 0.6 is 0 Å². The number of amides is 1. The van der Waals surface area contributed by atoms with Gasteiger partial charge in [0.25, 0.3) is 5.91 Å². The number of carbonyl (C=O) groups excluding carboxylic acids is 1. The van der Waals surface area contributed by atoms with Crippen LogP contribution in [0.1, 0.15) is 5.76 Å². The minimum absolute atomic E-state index is 0.339. The number of hydrogen-bond acceptors (Lipinski definition) is 5. The highest BCUT2D eigenvalue weighted by atomic mass is 16.7. The molecule has 0 fully saturated rings. The minimum Gasteiger partial charge on any atom is -0.360 e. The van der Waals surface area contributed by atoms with Crippen LogP contribution in [0.4, 0.5) is 5.82 Å². The van der Waals surface area contributed by atoms with Crippen LogP contribution in [0.25, 0.3) is 0 Å². The number of hydrogen-bond donors (Lipinski definition) is 1. The molecule has 0 aliphatic carbocycles. The molecule has 6 heteroatoms. The summed E-state index contributed by atoms with van der Waals surface area (Å²) in [6, 6.07) is 1.60. The number of methoxy groups -OCH3 is 2. The summed E-state index contributed by atoms with van der Waals surface area (Å²) in [6.45, 7) is 1.73. The highest BCUT2D eigenvalue weighted by Crippen LogP contribution is 2.07. The van der Waals surface area contributed by atoms with E-state index in [0.29, 0.717) is 11.6 Å². The van der Waals surface area contributed by atoms with E-state index in [4.69, 9.17) is 14.0 Å². The van der Waals surface area contributed by atoms with E-state index in [1.807, 2.05) is 0 Å². The Morgan fingerprint density at radius 2 is 2.21 bits per heavy atom. The number of nitrogens with one attached hydrogen (secondary N) is 1. The van der Waals surface area contributed by atoms with E-state index in [0.717, 1.165) is 0 Å². The molecule has 14 heavy (non-hydrogen) atoms. The lowest BCUT2D eigenvalue weighted by Crippen LogP contribution is -2.31. The Hall–Kier alpha value is -1.40. The molecule has 0 aliphatic rings. The van der Waals surface area contributed by atoms with Crippen molar-refractivity contribution in [2.45, 2.75) is 13.2 Å². The quantitative estimate of drug-likeness (QED) is 0.718. The smallest absolute Gasteiger partial charge is 0.282 e. The first kappa shape index (κ1) is 10.7. The zero-order valence-electron chi connectivity index (χ0n) is 8.23. The molecule has 0 bridgehead atoms. The Balaban J connectivity index is 2.56. The molecule has 0 radical (unpaired) electrons. The van der Waals surface area contributed by atoms with E-state index in [9.17, 15) is 4.79 Å². The first-order chi connectivity index (χ1) is 6.67. The lowest BCUT2D eigenvalue weighted by Gasteiger charge is -2.11.